The van der Waals surface area contributed by atoms with Crippen molar-refractivity contribution in [3.63, 3.8) is 0 Å². The third-order valence-corrected chi connectivity index (χ3v) is 8.39. The molecule has 1 aliphatic rings. The zero-order chi connectivity index (χ0) is 31.9. The number of imidazole rings is 1. The van der Waals surface area contributed by atoms with Gasteiger partial charge in [-0.3, -0.25) is 20.0 Å². The summed E-state index contributed by atoms with van der Waals surface area (Å²) in [6.07, 6.45) is 4.83. The second-order valence-electron chi connectivity index (χ2n) is 12.5. The Morgan fingerprint density at radius 3 is 2.35 bits per heavy atom. The smallest absolute Gasteiger partial charge is 0.255 e. The largest absolute Gasteiger partial charge is 0.492 e. The fraction of sp³-hybridized carbons (Fsp3) is 0.400. The summed E-state index contributed by atoms with van der Waals surface area (Å²) in [6.45, 7) is 14.4. The fourth-order valence-electron chi connectivity index (χ4n) is 4.44. The lowest BCUT2D eigenvalue weighted by Crippen LogP contribution is -2.36. The van der Waals surface area contributed by atoms with E-state index in [1.807, 2.05) is 62.8 Å². The van der Waals surface area contributed by atoms with Gasteiger partial charge in [0, 0.05) is 17.4 Å². The molecule has 2 aromatic carbocycles. The van der Waals surface area contributed by atoms with Gasteiger partial charge in [-0.1, -0.05) is 59.4 Å². The summed E-state index contributed by atoms with van der Waals surface area (Å²) >= 11 is 1.70. The van der Waals surface area contributed by atoms with Crippen LogP contribution in [0.5, 0.6) is 5.75 Å². The lowest BCUT2D eigenvalue weighted by molar-refractivity contribution is 0.102. The maximum Gasteiger partial charge on any atom is 0.255 e. The van der Waals surface area contributed by atoms with Crippen molar-refractivity contribution >= 4 is 50.5 Å². The molecular formula is C30H41N7O4S2. The molecule has 0 radical (unpaired) electrons. The summed E-state index contributed by atoms with van der Waals surface area (Å²) < 4.78 is 34.3. The quantitative estimate of drug-likeness (QED) is 0.243. The molecule has 0 unspecified atom stereocenters. The predicted octanol–water partition coefficient (Wildman–Crippen LogP) is 5.38. The summed E-state index contributed by atoms with van der Waals surface area (Å²) in [4.78, 5) is 18.2. The number of carbonyl (C=O) groups is 1. The predicted molar refractivity (Wildman–Crippen MR) is 175 cm³/mol. The van der Waals surface area contributed by atoms with Crippen molar-refractivity contribution in [3.05, 3.63) is 65.1 Å². The number of ether oxygens (including phenoxy) is 1. The average molecular weight is 628 g/mol. The molecule has 4 rings (SSSR count). The highest BCUT2D eigenvalue weighted by Crippen LogP contribution is 2.39. The monoisotopic (exact) mass is 627 g/mol. The first-order valence-electron chi connectivity index (χ1n) is 13.7. The van der Waals surface area contributed by atoms with Crippen LogP contribution in [-0.2, 0) is 22.5 Å². The first kappa shape index (κ1) is 32.2. The van der Waals surface area contributed by atoms with Gasteiger partial charge in [0.05, 0.1) is 54.2 Å². The van der Waals surface area contributed by atoms with Crippen molar-refractivity contribution in [3.8, 4) is 5.75 Å². The van der Waals surface area contributed by atoms with Crippen LogP contribution in [0.1, 0.15) is 68.7 Å². The van der Waals surface area contributed by atoms with Crippen molar-refractivity contribution in [1.29, 1.82) is 0 Å². The minimum atomic E-state index is -3.60. The number of amides is 1. The number of hydrogen-bond acceptors (Lipinski definition) is 9. The number of aryl methyl sites for hydroxylation is 1. The molecule has 0 bridgehead atoms. The van der Waals surface area contributed by atoms with E-state index in [2.05, 4.69) is 46.8 Å². The van der Waals surface area contributed by atoms with Crippen LogP contribution in [0.4, 0.5) is 17.1 Å². The van der Waals surface area contributed by atoms with E-state index < -0.39 is 10.0 Å². The van der Waals surface area contributed by atoms with Gasteiger partial charge in [0.2, 0.25) is 10.0 Å². The molecule has 0 aliphatic carbocycles. The van der Waals surface area contributed by atoms with E-state index in [1.165, 1.54) is 7.11 Å². The highest BCUT2D eigenvalue weighted by atomic mass is 32.2. The number of benzene rings is 2. The molecule has 1 aliphatic heterocycles. The molecule has 0 saturated heterocycles. The van der Waals surface area contributed by atoms with E-state index in [0.717, 1.165) is 39.6 Å². The van der Waals surface area contributed by atoms with Gasteiger partial charge in [-0.25, -0.2) is 13.4 Å². The number of carbonyl (C=O) groups excluding carboxylic acids is 1. The van der Waals surface area contributed by atoms with Crippen LogP contribution in [0.25, 0.3) is 5.70 Å². The minimum absolute atomic E-state index is 0.0279. The third-order valence-electron chi connectivity index (χ3n) is 6.62. The number of aromatic nitrogens is 2. The van der Waals surface area contributed by atoms with E-state index in [-0.39, 0.29) is 27.5 Å². The molecule has 13 heteroatoms. The van der Waals surface area contributed by atoms with E-state index in [0.29, 0.717) is 11.3 Å². The summed E-state index contributed by atoms with van der Waals surface area (Å²) in [7, 11) is -0.180. The van der Waals surface area contributed by atoms with Gasteiger partial charge in [0.15, 0.2) is 10.9 Å². The molecule has 43 heavy (non-hydrogen) atoms. The maximum absolute atomic E-state index is 13.6. The first-order valence-corrected chi connectivity index (χ1v) is 16.4. The highest BCUT2D eigenvalue weighted by molar-refractivity contribution is 8.00. The van der Waals surface area contributed by atoms with Crippen LogP contribution >= 0.6 is 11.8 Å². The molecule has 0 spiro atoms. The van der Waals surface area contributed by atoms with Crippen LogP contribution in [0, 0.1) is 6.92 Å². The molecule has 4 N–H and O–H groups in total. The number of anilines is 3. The zero-order valence-electron chi connectivity index (χ0n) is 26.3. The van der Waals surface area contributed by atoms with Crippen LogP contribution in [0.2, 0.25) is 0 Å². The number of thioether (sulfide) groups is 1. The normalized spacial score (nSPS) is 13.9. The number of methoxy groups -OCH3 is 1. The highest BCUT2D eigenvalue weighted by Gasteiger charge is 2.25. The van der Waals surface area contributed by atoms with Crippen LogP contribution in [-0.4, -0.2) is 42.0 Å². The number of nitrogens with zero attached hydrogens (tertiary/aromatic N) is 3. The summed E-state index contributed by atoms with van der Waals surface area (Å²) in [5.41, 5.74) is 11.4. The minimum Gasteiger partial charge on any atom is -0.492 e. The van der Waals surface area contributed by atoms with Crippen molar-refractivity contribution in [2.24, 2.45) is 7.05 Å². The molecule has 1 aromatic heterocycles. The zero-order valence-corrected chi connectivity index (χ0v) is 28.0. The van der Waals surface area contributed by atoms with E-state index in [4.69, 9.17) is 4.74 Å². The topological polar surface area (TPSA) is 130 Å². The van der Waals surface area contributed by atoms with Gasteiger partial charge in [-0.15, -0.1) is 5.53 Å². The van der Waals surface area contributed by atoms with Gasteiger partial charge in [-0.05, 0) is 47.7 Å². The number of hydrazine groups is 2. The van der Waals surface area contributed by atoms with Crippen LogP contribution in [0.15, 0.2) is 47.9 Å². The van der Waals surface area contributed by atoms with Gasteiger partial charge in [0.1, 0.15) is 0 Å². The maximum atomic E-state index is 13.6. The van der Waals surface area contributed by atoms with Gasteiger partial charge >= 0.3 is 0 Å². The molecule has 0 fully saturated rings. The van der Waals surface area contributed by atoms with Crippen molar-refractivity contribution in [1.82, 2.24) is 20.5 Å². The lowest BCUT2D eigenvalue weighted by atomic mass is 9.86. The Balaban J connectivity index is 1.64. The second kappa shape index (κ2) is 11.8. The Labute approximate surface area is 258 Å². The lowest BCUT2D eigenvalue weighted by Gasteiger charge is -2.24. The standard InChI is InChI=1S/C30H41N7O4S2/c1-18-11-12-19(13-24(18)37-17-23(33-35-37)25-16-31-28(36(25)8)42-30(5,6)7)27(38)32-21-14-20(29(2,3)4)15-22(26(21)41-9)34-43(10,39)40/h11-17,33-35H,1-10H3,(H,32,38). The Kier molecular flexibility index (Phi) is 8.83. The van der Waals surface area contributed by atoms with E-state index >= 15 is 0 Å². The van der Waals surface area contributed by atoms with E-state index in [1.54, 1.807) is 36.0 Å². The molecule has 1 amide bonds. The Morgan fingerprint density at radius 2 is 1.74 bits per heavy atom. The summed E-state index contributed by atoms with van der Waals surface area (Å²) in [6, 6.07) is 8.94. The fourth-order valence-corrected chi connectivity index (χ4v) is 5.88. The molecule has 2 heterocycles. The molecular weight excluding hydrogens is 587 g/mol. The summed E-state index contributed by atoms with van der Waals surface area (Å²) in [5, 5.41) is 5.67. The Hall–Kier alpha value is -3.68. The second-order valence-corrected chi connectivity index (χ2v) is 16.1. The number of sulfonamides is 1. The number of rotatable bonds is 8. The van der Waals surface area contributed by atoms with Crippen molar-refractivity contribution in [2.75, 3.05) is 28.4 Å². The molecule has 232 valence electrons. The van der Waals surface area contributed by atoms with Crippen molar-refractivity contribution in [2.45, 2.75) is 63.8 Å². The number of nitrogens with one attached hydrogen (secondary N) is 4. The molecule has 0 saturated carbocycles. The Bertz CT molecular complexity index is 1680. The molecule has 11 nitrogen and oxygen atoms in total. The molecule has 3 aromatic rings. The van der Waals surface area contributed by atoms with Gasteiger partial charge in [0.25, 0.3) is 5.91 Å². The SMILES string of the molecule is COc1c(NC(=O)c2ccc(C)c(N3C=C(c4cnc(SC(C)(C)C)n4C)NN3)c2)cc(C(C)(C)C)cc1NS(C)(=O)=O. The number of hydrogen-bond donors (Lipinski definition) is 4. The third kappa shape index (κ3) is 7.64. The van der Waals surface area contributed by atoms with Crippen molar-refractivity contribution < 1.29 is 17.9 Å². The van der Waals surface area contributed by atoms with Crippen LogP contribution in [0.3, 0.4) is 0 Å². The van der Waals surface area contributed by atoms with Gasteiger partial charge in [-0.2, -0.15) is 0 Å². The van der Waals surface area contributed by atoms with E-state index in [9.17, 15) is 13.2 Å². The van der Waals surface area contributed by atoms with Crippen LogP contribution < -0.4 is 30.7 Å². The first-order chi connectivity index (χ1) is 19.9. The Morgan fingerprint density at radius 1 is 1.07 bits per heavy atom. The molecule has 0 atom stereocenters. The van der Waals surface area contributed by atoms with Gasteiger partial charge < -0.3 is 14.6 Å². The average Bonchev–Trinajstić information content (AvgIpc) is 3.48. The summed E-state index contributed by atoms with van der Waals surface area (Å²) in [5.74, 6) is -0.153.